The van der Waals surface area contributed by atoms with Gasteiger partial charge in [0.25, 0.3) is 0 Å². The molecule has 0 aliphatic heterocycles. The van der Waals surface area contributed by atoms with Gasteiger partial charge >= 0.3 is 0 Å². The molecule has 2 aromatic carbocycles. The number of Topliss-reactive ketones (excluding diaryl/α,β-unsaturated/α-hetero) is 1. The highest BCUT2D eigenvalue weighted by molar-refractivity contribution is 7.99. The molecule has 0 fully saturated rings. The van der Waals surface area contributed by atoms with Crippen molar-refractivity contribution >= 4 is 17.5 Å². The number of thioether (sulfide) groups is 1. The van der Waals surface area contributed by atoms with Gasteiger partial charge in [-0.25, -0.2) is 0 Å². The second-order valence-corrected chi connectivity index (χ2v) is 6.52. The molecule has 2 rings (SSSR count). The van der Waals surface area contributed by atoms with E-state index in [1.54, 1.807) is 18.7 Å². The lowest BCUT2D eigenvalue weighted by molar-refractivity contribution is 0.101. The lowest BCUT2D eigenvalue weighted by Crippen LogP contribution is -2.01. The third-order valence-corrected chi connectivity index (χ3v) is 4.57. The van der Waals surface area contributed by atoms with Crippen molar-refractivity contribution in [2.45, 2.75) is 32.1 Å². The topological polar surface area (TPSA) is 26.3 Å². The Kier molecular flexibility index (Phi) is 6.08. The highest BCUT2D eigenvalue weighted by Gasteiger charge is 2.03. The minimum Gasteiger partial charge on any atom is -0.493 e. The standard InChI is InChI=1S/C19H22O2S/c1-14-6-4-7-15(2)19(14)21-12-5-13-22-18-10-8-17(9-11-18)16(3)20/h4,6-11H,5,12-13H2,1-3H3. The summed E-state index contributed by atoms with van der Waals surface area (Å²) in [6.07, 6.45) is 0.993. The fourth-order valence-corrected chi connectivity index (χ4v) is 3.06. The van der Waals surface area contributed by atoms with Gasteiger partial charge in [-0.05, 0) is 50.5 Å². The van der Waals surface area contributed by atoms with Gasteiger partial charge in [0.1, 0.15) is 5.75 Å². The number of hydrogen-bond donors (Lipinski definition) is 0. The van der Waals surface area contributed by atoms with Crippen LogP contribution in [0, 0.1) is 13.8 Å². The molecular formula is C19H22O2S. The zero-order valence-electron chi connectivity index (χ0n) is 13.4. The number of benzene rings is 2. The van der Waals surface area contributed by atoms with Crippen molar-refractivity contribution in [1.29, 1.82) is 0 Å². The second-order valence-electron chi connectivity index (χ2n) is 5.35. The second kappa shape index (κ2) is 8.04. The van der Waals surface area contributed by atoms with E-state index < -0.39 is 0 Å². The number of carbonyl (C=O) groups excluding carboxylic acids is 1. The highest BCUT2D eigenvalue weighted by atomic mass is 32.2. The van der Waals surface area contributed by atoms with Crippen molar-refractivity contribution in [3.05, 3.63) is 59.2 Å². The van der Waals surface area contributed by atoms with E-state index in [9.17, 15) is 4.79 Å². The van der Waals surface area contributed by atoms with Gasteiger partial charge in [-0.3, -0.25) is 4.79 Å². The molecule has 0 atom stereocenters. The summed E-state index contributed by atoms with van der Waals surface area (Å²) in [5.41, 5.74) is 3.14. The van der Waals surface area contributed by atoms with Gasteiger partial charge in [0.2, 0.25) is 0 Å². The number of ether oxygens (including phenoxy) is 1. The first-order valence-electron chi connectivity index (χ1n) is 7.51. The van der Waals surface area contributed by atoms with Gasteiger partial charge in [0, 0.05) is 16.2 Å². The molecular weight excluding hydrogens is 292 g/mol. The Morgan fingerprint density at radius 3 is 2.27 bits per heavy atom. The van der Waals surface area contributed by atoms with Crippen LogP contribution in [-0.4, -0.2) is 18.1 Å². The van der Waals surface area contributed by atoms with E-state index in [-0.39, 0.29) is 5.78 Å². The molecule has 0 bridgehead atoms. The Hall–Kier alpha value is -1.74. The number of ketones is 1. The average Bonchev–Trinajstić information content (AvgIpc) is 2.50. The lowest BCUT2D eigenvalue weighted by Gasteiger charge is -2.11. The maximum absolute atomic E-state index is 11.2. The molecule has 0 unspecified atom stereocenters. The molecule has 0 aliphatic rings. The smallest absolute Gasteiger partial charge is 0.159 e. The summed E-state index contributed by atoms with van der Waals surface area (Å²) in [5, 5.41) is 0. The third-order valence-electron chi connectivity index (χ3n) is 3.47. The van der Waals surface area contributed by atoms with E-state index in [2.05, 4.69) is 32.0 Å². The molecule has 0 N–H and O–H groups in total. The summed E-state index contributed by atoms with van der Waals surface area (Å²) < 4.78 is 5.90. The quantitative estimate of drug-likeness (QED) is 0.405. The van der Waals surface area contributed by atoms with Crippen LogP contribution in [0.1, 0.15) is 34.8 Å². The Morgan fingerprint density at radius 1 is 1.05 bits per heavy atom. The first kappa shape index (κ1) is 16.6. The Balaban J connectivity index is 1.74. The lowest BCUT2D eigenvalue weighted by atomic mass is 10.1. The van der Waals surface area contributed by atoms with Gasteiger partial charge in [-0.2, -0.15) is 0 Å². The molecule has 0 radical (unpaired) electrons. The third kappa shape index (κ3) is 4.63. The zero-order chi connectivity index (χ0) is 15.9. The predicted molar refractivity (Wildman–Crippen MR) is 93.2 cm³/mol. The molecule has 0 saturated heterocycles. The normalized spacial score (nSPS) is 10.5. The fourth-order valence-electron chi connectivity index (χ4n) is 2.24. The predicted octanol–water partition coefficient (Wildman–Crippen LogP) is 5.07. The summed E-state index contributed by atoms with van der Waals surface area (Å²) in [6, 6.07) is 14.0. The molecule has 2 aromatic rings. The summed E-state index contributed by atoms with van der Waals surface area (Å²) in [5.74, 6) is 2.13. The van der Waals surface area contributed by atoms with Crippen LogP contribution >= 0.6 is 11.8 Å². The minimum atomic E-state index is 0.110. The van der Waals surface area contributed by atoms with Gasteiger partial charge in [0.05, 0.1) is 6.61 Å². The van der Waals surface area contributed by atoms with Crippen LogP contribution in [0.3, 0.4) is 0 Å². The minimum absolute atomic E-state index is 0.110. The van der Waals surface area contributed by atoms with Crippen molar-refractivity contribution in [1.82, 2.24) is 0 Å². The van der Waals surface area contributed by atoms with Crippen molar-refractivity contribution in [2.75, 3.05) is 12.4 Å². The van der Waals surface area contributed by atoms with Crippen molar-refractivity contribution in [3.63, 3.8) is 0 Å². The van der Waals surface area contributed by atoms with Crippen LogP contribution in [0.5, 0.6) is 5.75 Å². The van der Waals surface area contributed by atoms with Gasteiger partial charge in [0.15, 0.2) is 5.78 Å². The van der Waals surface area contributed by atoms with Gasteiger partial charge in [-0.1, -0.05) is 30.3 Å². The molecule has 116 valence electrons. The maximum atomic E-state index is 11.2. The van der Waals surface area contributed by atoms with Crippen LogP contribution in [0.15, 0.2) is 47.4 Å². The largest absolute Gasteiger partial charge is 0.493 e. The molecule has 0 heterocycles. The van der Waals surface area contributed by atoms with Gasteiger partial charge < -0.3 is 4.74 Å². The van der Waals surface area contributed by atoms with E-state index in [1.807, 2.05) is 24.3 Å². The molecule has 0 aliphatic carbocycles. The van der Waals surface area contributed by atoms with Crippen molar-refractivity contribution in [2.24, 2.45) is 0 Å². The number of carbonyl (C=O) groups is 1. The molecule has 0 spiro atoms. The molecule has 3 heteroatoms. The number of para-hydroxylation sites is 1. The molecule has 0 saturated carbocycles. The van der Waals surface area contributed by atoms with Crippen LogP contribution in [0.25, 0.3) is 0 Å². The van der Waals surface area contributed by atoms with Crippen LogP contribution < -0.4 is 4.74 Å². The fraction of sp³-hybridized carbons (Fsp3) is 0.316. The van der Waals surface area contributed by atoms with E-state index in [0.717, 1.165) is 30.1 Å². The van der Waals surface area contributed by atoms with Crippen molar-refractivity contribution < 1.29 is 9.53 Å². The Labute approximate surface area is 136 Å². The van der Waals surface area contributed by atoms with Crippen LogP contribution in [-0.2, 0) is 0 Å². The Bertz CT molecular complexity index is 612. The summed E-state index contributed by atoms with van der Waals surface area (Å²) in [4.78, 5) is 12.4. The monoisotopic (exact) mass is 314 g/mol. The number of hydrogen-bond acceptors (Lipinski definition) is 3. The van der Waals surface area contributed by atoms with Crippen LogP contribution in [0.4, 0.5) is 0 Å². The SMILES string of the molecule is CC(=O)c1ccc(SCCCOc2c(C)cccc2C)cc1. The first-order valence-corrected chi connectivity index (χ1v) is 8.49. The van der Waals surface area contributed by atoms with Gasteiger partial charge in [-0.15, -0.1) is 11.8 Å². The van der Waals surface area contributed by atoms with E-state index in [0.29, 0.717) is 0 Å². The maximum Gasteiger partial charge on any atom is 0.159 e. The summed E-state index contributed by atoms with van der Waals surface area (Å²) in [6.45, 7) is 6.47. The van der Waals surface area contributed by atoms with Crippen molar-refractivity contribution in [3.8, 4) is 5.75 Å². The first-order chi connectivity index (χ1) is 10.6. The summed E-state index contributed by atoms with van der Waals surface area (Å²) >= 11 is 1.79. The van der Waals surface area contributed by atoms with E-state index in [4.69, 9.17) is 4.74 Å². The zero-order valence-corrected chi connectivity index (χ0v) is 14.2. The molecule has 2 nitrogen and oxygen atoms in total. The number of rotatable bonds is 7. The number of aryl methyl sites for hydroxylation is 2. The molecule has 0 aromatic heterocycles. The Morgan fingerprint density at radius 2 is 1.68 bits per heavy atom. The molecule has 0 amide bonds. The van der Waals surface area contributed by atoms with E-state index >= 15 is 0 Å². The van der Waals surface area contributed by atoms with E-state index in [1.165, 1.54) is 16.0 Å². The molecule has 22 heavy (non-hydrogen) atoms. The average molecular weight is 314 g/mol. The summed E-state index contributed by atoms with van der Waals surface area (Å²) in [7, 11) is 0. The highest BCUT2D eigenvalue weighted by Crippen LogP contribution is 2.23. The van der Waals surface area contributed by atoms with Crippen LogP contribution in [0.2, 0.25) is 0 Å².